The molecule has 1 aromatic heterocycles. The van der Waals surface area contributed by atoms with Crippen molar-refractivity contribution in [1.82, 2.24) is 15.6 Å². The van der Waals surface area contributed by atoms with Gasteiger partial charge in [0.25, 0.3) is 5.56 Å². The molecule has 3 rings (SSSR count). The molecule has 2 aromatic rings. The summed E-state index contributed by atoms with van der Waals surface area (Å²) in [6.45, 7) is 3.66. The van der Waals surface area contributed by atoms with E-state index in [1.807, 2.05) is 36.4 Å². The Kier molecular flexibility index (Phi) is 6.48. The number of hydrogen-bond donors (Lipinski definition) is 3. The van der Waals surface area contributed by atoms with Crippen LogP contribution in [-0.2, 0) is 6.54 Å². The minimum atomic E-state index is -0.0399. The average molecular weight is 423 g/mol. The molecule has 6 heteroatoms. The molecule has 2 heterocycles. The topological polar surface area (TPSA) is 56.9 Å². The molecule has 1 saturated heterocycles. The number of nitrogens with one attached hydrogen (secondary N) is 3. The normalized spacial score (nSPS) is 17.4. The lowest BCUT2D eigenvalue weighted by molar-refractivity contribution is 0.511. The number of aromatic amines is 1. The van der Waals surface area contributed by atoms with Crippen LogP contribution in [0.15, 0.2) is 39.7 Å². The van der Waals surface area contributed by atoms with Gasteiger partial charge in [-0.25, -0.2) is 0 Å². The molecular weight excluding hydrogens is 402 g/mol. The van der Waals surface area contributed by atoms with Crippen LogP contribution in [0.1, 0.15) is 23.1 Å². The van der Waals surface area contributed by atoms with Gasteiger partial charge in [-0.1, -0.05) is 45.7 Å². The van der Waals surface area contributed by atoms with Crippen molar-refractivity contribution in [1.29, 1.82) is 0 Å². The molecule has 0 aliphatic carbocycles. The van der Waals surface area contributed by atoms with Crippen molar-refractivity contribution in [2.45, 2.75) is 13.0 Å². The fourth-order valence-electron chi connectivity index (χ4n) is 2.90. The zero-order valence-electron chi connectivity index (χ0n) is 13.8. The van der Waals surface area contributed by atoms with Gasteiger partial charge >= 0.3 is 0 Å². The Bertz CT molecular complexity index is 813. The van der Waals surface area contributed by atoms with Gasteiger partial charge in [0.15, 0.2) is 0 Å². The molecule has 0 saturated carbocycles. The molecule has 1 fully saturated rings. The van der Waals surface area contributed by atoms with E-state index >= 15 is 0 Å². The van der Waals surface area contributed by atoms with E-state index in [0.717, 1.165) is 40.8 Å². The molecular formula is C19H21BrClN3O. The predicted octanol–water partition coefficient (Wildman–Crippen LogP) is 3.66. The standard InChI is InChI=1S/C19H21BrClN3O/c20-18-8-17(21)4-3-15(18)2-1-13-7-16(19(25)24-11-13)12-23-10-14-5-6-22-9-14/h1-4,7-8,11,14,22-23H,5-6,9-10,12H2,(H,24,25)/b2-1+. The molecule has 0 radical (unpaired) electrons. The number of H-pyrrole nitrogens is 1. The first-order chi connectivity index (χ1) is 12.1. The summed E-state index contributed by atoms with van der Waals surface area (Å²) in [5, 5.41) is 7.44. The van der Waals surface area contributed by atoms with Crippen LogP contribution in [0.25, 0.3) is 12.2 Å². The summed E-state index contributed by atoms with van der Waals surface area (Å²) in [7, 11) is 0. The number of benzene rings is 1. The van der Waals surface area contributed by atoms with Crippen LogP contribution in [-0.4, -0.2) is 24.6 Å². The fraction of sp³-hybridized carbons (Fsp3) is 0.316. The Morgan fingerprint density at radius 3 is 2.96 bits per heavy atom. The SMILES string of the molecule is O=c1[nH]cc(/C=C/c2ccc(Cl)cc2Br)cc1CNCC1CCNC1. The molecule has 4 nitrogen and oxygen atoms in total. The van der Waals surface area contributed by atoms with Gasteiger partial charge in [0.2, 0.25) is 0 Å². The lowest BCUT2D eigenvalue weighted by atomic mass is 10.1. The minimum Gasteiger partial charge on any atom is -0.328 e. The van der Waals surface area contributed by atoms with E-state index in [2.05, 4.69) is 31.5 Å². The Hall–Kier alpha value is -1.40. The zero-order valence-corrected chi connectivity index (χ0v) is 16.2. The van der Waals surface area contributed by atoms with Crippen molar-refractivity contribution in [2.24, 2.45) is 5.92 Å². The Morgan fingerprint density at radius 2 is 2.20 bits per heavy atom. The van der Waals surface area contributed by atoms with Gasteiger partial charge in [-0.05, 0) is 61.3 Å². The van der Waals surface area contributed by atoms with Crippen LogP contribution in [0.2, 0.25) is 5.02 Å². The molecule has 3 N–H and O–H groups in total. The molecule has 0 amide bonds. The summed E-state index contributed by atoms with van der Waals surface area (Å²) in [5.74, 6) is 0.657. The molecule has 1 aliphatic heterocycles. The molecule has 1 aliphatic rings. The molecule has 1 aromatic carbocycles. The summed E-state index contributed by atoms with van der Waals surface area (Å²) in [6, 6.07) is 7.60. The first-order valence-corrected chi connectivity index (χ1v) is 9.55. The first-order valence-electron chi connectivity index (χ1n) is 8.38. The van der Waals surface area contributed by atoms with E-state index in [1.165, 1.54) is 6.42 Å². The third kappa shape index (κ3) is 5.28. The van der Waals surface area contributed by atoms with Gasteiger partial charge in [-0.2, -0.15) is 0 Å². The molecule has 1 atom stereocenters. The number of aromatic nitrogens is 1. The van der Waals surface area contributed by atoms with Gasteiger partial charge in [0.1, 0.15) is 0 Å². The third-order valence-corrected chi connectivity index (χ3v) is 5.25. The summed E-state index contributed by atoms with van der Waals surface area (Å²) in [6.07, 6.45) is 6.90. The molecule has 1 unspecified atom stereocenters. The number of halogens is 2. The second-order valence-electron chi connectivity index (χ2n) is 6.28. The van der Waals surface area contributed by atoms with Gasteiger partial charge in [-0.3, -0.25) is 4.79 Å². The van der Waals surface area contributed by atoms with E-state index in [1.54, 1.807) is 6.20 Å². The van der Waals surface area contributed by atoms with Crippen LogP contribution in [0.4, 0.5) is 0 Å². The monoisotopic (exact) mass is 421 g/mol. The Labute approximate surface area is 160 Å². The van der Waals surface area contributed by atoms with Crippen molar-refractivity contribution < 1.29 is 0 Å². The van der Waals surface area contributed by atoms with Crippen molar-refractivity contribution >= 4 is 39.7 Å². The highest BCUT2D eigenvalue weighted by atomic mass is 79.9. The lowest BCUT2D eigenvalue weighted by Crippen LogP contribution is -2.27. The highest BCUT2D eigenvalue weighted by molar-refractivity contribution is 9.10. The highest BCUT2D eigenvalue weighted by Gasteiger charge is 2.13. The Morgan fingerprint density at radius 1 is 1.32 bits per heavy atom. The van der Waals surface area contributed by atoms with Crippen LogP contribution in [0.5, 0.6) is 0 Å². The van der Waals surface area contributed by atoms with E-state index in [0.29, 0.717) is 17.5 Å². The molecule has 0 bridgehead atoms. The summed E-state index contributed by atoms with van der Waals surface area (Å²) in [4.78, 5) is 14.8. The van der Waals surface area contributed by atoms with E-state index in [-0.39, 0.29) is 5.56 Å². The Balaban J connectivity index is 1.65. The lowest BCUT2D eigenvalue weighted by Gasteiger charge is -2.09. The van der Waals surface area contributed by atoms with E-state index < -0.39 is 0 Å². The van der Waals surface area contributed by atoms with Crippen molar-refractivity contribution in [3.8, 4) is 0 Å². The number of rotatable bonds is 6. The molecule has 25 heavy (non-hydrogen) atoms. The molecule has 132 valence electrons. The van der Waals surface area contributed by atoms with Gasteiger partial charge in [0, 0.05) is 27.8 Å². The van der Waals surface area contributed by atoms with Crippen molar-refractivity contribution in [3.63, 3.8) is 0 Å². The third-order valence-electron chi connectivity index (χ3n) is 4.33. The maximum atomic E-state index is 12.0. The maximum absolute atomic E-state index is 12.0. The van der Waals surface area contributed by atoms with Crippen molar-refractivity contribution in [3.05, 3.63) is 67.0 Å². The van der Waals surface area contributed by atoms with Crippen LogP contribution < -0.4 is 16.2 Å². The number of hydrogen-bond acceptors (Lipinski definition) is 3. The minimum absolute atomic E-state index is 0.0399. The summed E-state index contributed by atoms with van der Waals surface area (Å²) < 4.78 is 0.938. The first kappa shape index (κ1) is 18.4. The maximum Gasteiger partial charge on any atom is 0.252 e. The van der Waals surface area contributed by atoms with Crippen LogP contribution in [0, 0.1) is 5.92 Å². The highest BCUT2D eigenvalue weighted by Crippen LogP contribution is 2.23. The van der Waals surface area contributed by atoms with Crippen LogP contribution in [0.3, 0.4) is 0 Å². The number of pyridine rings is 1. The average Bonchev–Trinajstić information content (AvgIpc) is 3.10. The van der Waals surface area contributed by atoms with Gasteiger partial charge in [-0.15, -0.1) is 0 Å². The zero-order chi connectivity index (χ0) is 17.6. The quantitative estimate of drug-likeness (QED) is 0.666. The van der Waals surface area contributed by atoms with E-state index in [4.69, 9.17) is 11.6 Å². The van der Waals surface area contributed by atoms with Gasteiger partial charge in [0.05, 0.1) is 0 Å². The van der Waals surface area contributed by atoms with Crippen molar-refractivity contribution in [2.75, 3.05) is 19.6 Å². The van der Waals surface area contributed by atoms with Crippen LogP contribution >= 0.6 is 27.5 Å². The second kappa shape index (κ2) is 8.81. The largest absolute Gasteiger partial charge is 0.328 e. The fourth-order valence-corrected chi connectivity index (χ4v) is 3.71. The second-order valence-corrected chi connectivity index (χ2v) is 7.57. The molecule has 0 spiro atoms. The smallest absolute Gasteiger partial charge is 0.252 e. The van der Waals surface area contributed by atoms with E-state index in [9.17, 15) is 4.79 Å². The predicted molar refractivity (Wildman–Crippen MR) is 108 cm³/mol. The van der Waals surface area contributed by atoms with Gasteiger partial charge < -0.3 is 15.6 Å². The summed E-state index contributed by atoms with van der Waals surface area (Å²) >= 11 is 9.47. The summed E-state index contributed by atoms with van der Waals surface area (Å²) in [5.41, 5.74) is 2.70.